The summed E-state index contributed by atoms with van der Waals surface area (Å²) in [6.45, 7) is 6.65. The van der Waals surface area contributed by atoms with Gasteiger partial charge in [-0.15, -0.1) is 0 Å². The van der Waals surface area contributed by atoms with Crippen LogP contribution in [0.2, 0.25) is 5.02 Å². The smallest absolute Gasteiger partial charge is 0.149 e. The molecule has 1 saturated heterocycles. The molecule has 33 heavy (non-hydrogen) atoms. The lowest BCUT2D eigenvalue weighted by Gasteiger charge is -2.36. The Morgan fingerprint density at radius 2 is 1.82 bits per heavy atom. The third-order valence-corrected chi connectivity index (χ3v) is 7.39. The zero-order valence-corrected chi connectivity index (χ0v) is 20.2. The second-order valence-electron chi connectivity index (χ2n) is 9.03. The molecule has 0 unspecified atom stereocenters. The van der Waals surface area contributed by atoms with Crippen molar-refractivity contribution >= 4 is 22.9 Å². The molecule has 1 aliphatic carbocycles. The Balaban J connectivity index is 1.05. The summed E-state index contributed by atoms with van der Waals surface area (Å²) in [6, 6.07) is 12.4. The van der Waals surface area contributed by atoms with Crippen LogP contribution in [0, 0.1) is 0 Å². The lowest BCUT2D eigenvalue weighted by molar-refractivity contribution is 0.238. The number of rotatable bonds is 8. The van der Waals surface area contributed by atoms with E-state index >= 15 is 0 Å². The van der Waals surface area contributed by atoms with E-state index in [2.05, 4.69) is 28.0 Å². The van der Waals surface area contributed by atoms with E-state index in [9.17, 15) is 0 Å². The maximum absolute atomic E-state index is 6.64. The lowest BCUT2D eigenvalue weighted by Crippen LogP contribution is -2.46. The van der Waals surface area contributed by atoms with Crippen LogP contribution in [0.1, 0.15) is 37.7 Å². The van der Waals surface area contributed by atoms with Crippen LogP contribution in [-0.4, -0.2) is 57.9 Å². The van der Waals surface area contributed by atoms with Crippen molar-refractivity contribution in [1.29, 1.82) is 0 Å². The van der Waals surface area contributed by atoms with Crippen LogP contribution in [0.5, 0.6) is 17.2 Å². The zero-order valence-electron chi connectivity index (χ0n) is 19.4. The number of halogens is 1. The number of para-hydroxylation sites is 2. The summed E-state index contributed by atoms with van der Waals surface area (Å²) in [5.41, 5.74) is 5.24. The van der Waals surface area contributed by atoms with E-state index in [-0.39, 0.29) is 0 Å². The summed E-state index contributed by atoms with van der Waals surface area (Å²) in [4.78, 5) is 4.96. The van der Waals surface area contributed by atoms with Gasteiger partial charge in [-0.1, -0.05) is 23.7 Å². The van der Waals surface area contributed by atoms with Gasteiger partial charge in [0.05, 0.1) is 19.4 Å². The number of allylic oxidation sites excluding steroid dienone is 1. The summed E-state index contributed by atoms with van der Waals surface area (Å²) >= 11 is 6.64. The Labute approximate surface area is 201 Å². The molecule has 0 aromatic heterocycles. The number of piperazine rings is 1. The SMILES string of the molecule is COc1ccccc1N1CCN(CCCCOc2ccc3c(c2Cl)OCC2=C3CCC2)CC1. The van der Waals surface area contributed by atoms with E-state index in [4.69, 9.17) is 25.8 Å². The molecule has 2 aromatic carbocycles. The average molecular weight is 469 g/mol. The largest absolute Gasteiger partial charge is 0.495 e. The summed E-state index contributed by atoms with van der Waals surface area (Å²) in [5.74, 6) is 2.50. The van der Waals surface area contributed by atoms with E-state index in [0.717, 1.165) is 75.7 Å². The van der Waals surface area contributed by atoms with Crippen molar-refractivity contribution in [2.45, 2.75) is 32.1 Å². The molecule has 0 bridgehead atoms. The van der Waals surface area contributed by atoms with Crippen LogP contribution in [0.3, 0.4) is 0 Å². The van der Waals surface area contributed by atoms with Crippen molar-refractivity contribution in [3.05, 3.63) is 52.6 Å². The van der Waals surface area contributed by atoms with Crippen molar-refractivity contribution in [3.8, 4) is 17.2 Å². The van der Waals surface area contributed by atoms with Crippen molar-refractivity contribution in [1.82, 2.24) is 4.90 Å². The van der Waals surface area contributed by atoms with Gasteiger partial charge in [-0.05, 0) is 74.1 Å². The normalized spacial score (nSPS) is 18.1. The van der Waals surface area contributed by atoms with E-state index in [1.165, 1.54) is 28.8 Å². The predicted molar refractivity (Wildman–Crippen MR) is 134 cm³/mol. The Bertz CT molecular complexity index is 1010. The van der Waals surface area contributed by atoms with Crippen molar-refractivity contribution in [2.75, 3.05) is 57.9 Å². The quantitative estimate of drug-likeness (QED) is 0.467. The van der Waals surface area contributed by atoms with Gasteiger partial charge in [0, 0.05) is 31.7 Å². The highest BCUT2D eigenvalue weighted by atomic mass is 35.5. The Morgan fingerprint density at radius 3 is 2.67 bits per heavy atom. The number of unbranched alkanes of at least 4 members (excludes halogenated alkanes) is 1. The fraction of sp³-hybridized carbons (Fsp3) is 0.481. The zero-order chi connectivity index (χ0) is 22.6. The average Bonchev–Trinajstić information content (AvgIpc) is 3.35. The number of fused-ring (bicyclic) bond motifs is 2. The van der Waals surface area contributed by atoms with E-state index in [0.29, 0.717) is 18.2 Å². The van der Waals surface area contributed by atoms with Crippen LogP contribution >= 0.6 is 11.6 Å². The van der Waals surface area contributed by atoms with Crippen LogP contribution in [-0.2, 0) is 0 Å². The number of benzene rings is 2. The molecule has 0 atom stereocenters. The maximum atomic E-state index is 6.64. The maximum Gasteiger partial charge on any atom is 0.149 e. The Morgan fingerprint density at radius 1 is 0.970 bits per heavy atom. The van der Waals surface area contributed by atoms with Gasteiger partial charge in [0.2, 0.25) is 0 Å². The molecule has 2 aliphatic heterocycles. The van der Waals surface area contributed by atoms with Gasteiger partial charge in [0.25, 0.3) is 0 Å². The van der Waals surface area contributed by atoms with Crippen molar-refractivity contribution in [3.63, 3.8) is 0 Å². The van der Waals surface area contributed by atoms with Crippen molar-refractivity contribution in [2.24, 2.45) is 0 Å². The Hall–Kier alpha value is -2.37. The first-order valence-corrected chi connectivity index (χ1v) is 12.5. The molecule has 176 valence electrons. The molecule has 6 heteroatoms. The number of hydrogen-bond donors (Lipinski definition) is 0. The lowest BCUT2D eigenvalue weighted by atomic mass is 9.99. The molecule has 2 heterocycles. The highest BCUT2D eigenvalue weighted by Gasteiger charge is 2.27. The molecule has 1 fully saturated rings. The predicted octanol–water partition coefficient (Wildman–Crippen LogP) is 5.66. The van der Waals surface area contributed by atoms with Crippen LogP contribution in [0.25, 0.3) is 5.57 Å². The minimum atomic E-state index is 0.624. The Kier molecular flexibility index (Phi) is 6.98. The molecular weight excluding hydrogens is 436 g/mol. The molecule has 5 nitrogen and oxygen atoms in total. The number of methoxy groups -OCH3 is 1. The number of anilines is 1. The van der Waals surface area contributed by atoms with Gasteiger partial charge < -0.3 is 19.1 Å². The summed E-state index contributed by atoms with van der Waals surface area (Å²) in [6.07, 6.45) is 5.63. The van der Waals surface area contributed by atoms with E-state index in [1.54, 1.807) is 7.11 Å². The second-order valence-corrected chi connectivity index (χ2v) is 9.41. The molecule has 3 aliphatic rings. The fourth-order valence-electron chi connectivity index (χ4n) is 5.20. The van der Waals surface area contributed by atoms with Gasteiger partial charge in [-0.2, -0.15) is 0 Å². The first kappa shape index (κ1) is 22.4. The summed E-state index contributed by atoms with van der Waals surface area (Å²) in [5, 5.41) is 0.624. The van der Waals surface area contributed by atoms with Crippen LogP contribution in [0.4, 0.5) is 5.69 Å². The van der Waals surface area contributed by atoms with Gasteiger partial charge in [0.1, 0.15) is 28.9 Å². The van der Waals surface area contributed by atoms with Crippen LogP contribution < -0.4 is 19.1 Å². The van der Waals surface area contributed by atoms with Crippen molar-refractivity contribution < 1.29 is 14.2 Å². The standard InChI is InChI=1S/C27H33ClN2O3/c1-31-24-10-3-2-9-23(24)30-16-14-29(15-17-30)13-4-5-18-32-25-12-11-22-21-8-6-7-20(21)19-33-27(22)26(25)28/h2-3,9-12H,4-8,13-19H2,1H3. The fourth-order valence-corrected chi connectivity index (χ4v) is 5.48. The molecule has 5 rings (SSSR count). The van der Waals surface area contributed by atoms with E-state index < -0.39 is 0 Å². The highest BCUT2D eigenvalue weighted by Crippen LogP contribution is 2.47. The monoisotopic (exact) mass is 468 g/mol. The summed E-state index contributed by atoms with van der Waals surface area (Å²) < 4.78 is 17.5. The molecule has 0 amide bonds. The molecule has 0 radical (unpaired) electrons. The minimum absolute atomic E-state index is 0.624. The first-order valence-electron chi connectivity index (χ1n) is 12.1. The first-order chi connectivity index (χ1) is 16.2. The van der Waals surface area contributed by atoms with Gasteiger partial charge in [0.15, 0.2) is 0 Å². The number of ether oxygens (including phenoxy) is 3. The number of hydrogen-bond acceptors (Lipinski definition) is 5. The van der Waals surface area contributed by atoms with Gasteiger partial charge in [-0.3, -0.25) is 4.90 Å². The topological polar surface area (TPSA) is 34.2 Å². The molecule has 2 aromatic rings. The third-order valence-electron chi connectivity index (χ3n) is 7.03. The molecular formula is C27H33ClN2O3. The third kappa shape index (κ3) is 4.80. The highest BCUT2D eigenvalue weighted by molar-refractivity contribution is 6.34. The van der Waals surface area contributed by atoms with Gasteiger partial charge in [-0.25, -0.2) is 0 Å². The number of nitrogens with zero attached hydrogens (tertiary/aromatic N) is 2. The molecule has 0 N–H and O–H groups in total. The summed E-state index contributed by atoms with van der Waals surface area (Å²) in [7, 11) is 1.74. The van der Waals surface area contributed by atoms with E-state index in [1.807, 2.05) is 18.2 Å². The molecule has 0 saturated carbocycles. The van der Waals surface area contributed by atoms with Crippen LogP contribution in [0.15, 0.2) is 42.0 Å². The van der Waals surface area contributed by atoms with Gasteiger partial charge >= 0.3 is 0 Å². The second kappa shape index (κ2) is 10.3. The molecule has 0 spiro atoms. The minimum Gasteiger partial charge on any atom is -0.495 e.